The molecule has 1 heterocycles. The normalized spacial score (nSPS) is 10.9. The van der Waals surface area contributed by atoms with Crippen LogP contribution in [0.25, 0.3) is 0 Å². The Bertz CT molecular complexity index is 621. The summed E-state index contributed by atoms with van der Waals surface area (Å²) in [6, 6.07) is 7.80. The van der Waals surface area contributed by atoms with Crippen molar-refractivity contribution in [3.05, 3.63) is 46.5 Å². The van der Waals surface area contributed by atoms with Crippen LogP contribution < -0.4 is 5.73 Å². The number of nitrogen functional groups attached to an aromatic ring is 1. The lowest BCUT2D eigenvalue weighted by Crippen LogP contribution is -2.23. The molecule has 1 amide bonds. The molecule has 0 saturated heterocycles. The van der Waals surface area contributed by atoms with E-state index >= 15 is 0 Å². The summed E-state index contributed by atoms with van der Waals surface area (Å²) in [5.41, 5.74) is 7.58. The van der Waals surface area contributed by atoms with E-state index in [2.05, 4.69) is 16.8 Å². The van der Waals surface area contributed by atoms with Gasteiger partial charge in [0.25, 0.3) is 5.91 Å². The lowest BCUT2D eigenvalue weighted by molar-refractivity contribution is 0.0827. The van der Waals surface area contributed by atoms with Crippen molar-refractivity contribution in [3.63, 3.8) is 0 Å². The molecule has 0 spiro atoms. The van der Waals surface area contributed by atoms with Crippen LogP contribution in [0.15, 0.2) is 30.5 Å². The van der Waals surface area contributed by atoms with Crippen molar-refractivity contribution in [3.8, 4) is 0 Å². The van der Waals surface area contributed by atoms with Crippen LogP contribution in [0.2, 0.25) is 0 Å². The van der Waals surface area contributed by atoms with Crippen LogP contribution in [0.1, 0.15) is 27.7 Å². The first-order chi connectivity index (χ1) is 10.5. The Morgan fingerprint density at radius 3 is 2.41 bits per heavy atom. The molecule has 0 aliphatic carbocycles. The number of nitrogens with zero attached hydrogens (tertiary/aromatic N) is 3. The third-order valence-corrected chi connectivity index (χ3v) is 4.22. The van der Waals surface area contributed by atoms with Gasteiger partial charge in [-0.3, -0.25) is 9.69 Å². The summed E-state index contributed by atoms with van der Waals surface area (Å²) in [4.78, 5) is 21.0. The molecule has 1 aromatic carbocycles. The Hall–Kier alpha value is -1.92. The van der Waals surface area contributed by atoms with Crippen molar-refractivity contribution in [1.29, 1.82) is 0 Å². The minimum atomic E-state index is 0.0269. The fraction of sp³-hybridized carbons (Fsp3) is 0.375. The number of carbonyl (C=O) groups is 1. The average Bonchev–Trinajstić information content (AvgIpc) is 2.91. The topological polar surface area (TPSA) is 62.5 Å². The lowest BCUT2D eigenvalue weighted by atomic mass is 10.1. The third-order valence-electron chi connectivity index (χ3n) is 3.41. The van der Waals surface area contributed by atoms with Gasteiger partial charge in [0.1, 0.15) is 0 Å². The number of hydrogen-bond donors (Lipinski definition) is 1. The van der Waals surface area contributed by atoms with E-state index in [-0.39, 0.29) is 5.91 Å². The second kappa shape index (κ2) is 7.38. The van der Waals surface area contributed by atoms with E-state index in [0.29, 0.717) is 10.7 Å². The monoisotopic (exact) mass is 318 g/mol. The SMILES string of the molecule is CCN(Cc1ccc(C(=O)N(C)C)cc1)Cc1cnc(N)s1. The highest BCUT2D eigenvalue weighted by molar-refractivity contribution is 7.15. The molecule has 0 unspecified atom stereocenters. The zero-order valence-electron chi connectivity index (χ0n) is 13.2. The number of aromatic nitrogens is 1. The molecular formula is C16H22N4OS. The second-order valence-electron chi connectivity index (χ2n) is 5.36. The van der Waals surface area contributed by atoms with Crippen molar-refractivity contribution in [1.82, 2.24) is 14.8 Å². The lowest BCUT2D eigenvalue weighted by Gasteiger charge is -2.19. The summed E-state index contributed by atoms with van der Waals surface area (Å²) < 4.78 is 0. The quantitative estimate of drug-likeness (QED) is 0.888. The fourth-order valence-corrected chi connectivity index (χ4v) is 2.89. The molecule has 0 aliphatic heterocycles. The Morgan fingerprint density at radius 2 is 1.91 bits per heavy atom. The van der Waals surface area contributed by atoms with E-state index in [1.54, 1.807) is 19.0 Å². The van der Waals surface area contributed by atoms with Crippen molar-refractivity contribution in [2.75, 3.05) is 26.4 Å². The molecule has 0 bridgehead atoms. The number of hydrogen-bond acceptors (Lipinski definition) is 5. The van der Waals surface area contributed by atoms with E-state index in [0.717, 1.165) is 19.6 Å². The number of anilines is 1. The van der Waals surface area contributed by atoms with E-state index < -0.39 is 0 Å². The molecular weight excluding hydrogens is 296 g/mol. The molecule has 2 rings (SSSR count). The highest BCUT2D eigenvalue weighted by atomic mass is 32.1. The predicted octanol–water partition coefficient (Wildman–Crippen LogP) is 2.45. The number of benzene rings is 1. The Kier molecular flexibility index (Phi) is 5.51. The maximum atomic E-state index is 11.9. The summed E-state index contributed by atoms with van der Waals surface area (Å²) in [5, 5.41) is 0.609. The number of amides is 1. The summed E-state index contributed by atoms with van der Waals surface area (Å²) >= 11 is 1.53. The number of thiazole rings is 1. The van der Waals surface area contributed by atoms with Crippen LogP contribution in [0.4, 0.5) is 5.13 Å². The third kappa shape index (κ3) is 4.29. The van der Waals surface area contributed by atoms with E-state index in [9.17, 15) is 4.79 Å². The van der Waals surface area contributed by atoms with Gasteiger partial charge in [-0.15, -0.1) is 11.3 Å². The Labute approximate surface area is 135 Å². The highest BCUT2D eigenvalue weighted by Crippen LogP contribution is 2.18. The van der Waals surface area contributed by atoms with Gasteiger partial charge in [-0.05, 0) is 24.2 Å². The number of nitrogens with two attached hydrogens (primary N) is 1. The van der Waals surface area contributed by atoms with Gasteiger partial charge in [-0.25, -0.2) is 4.98 Å². The van der Waals surface area contributed by atoms with Gasteiger partial charge in [0.05, 0.1) is 0 Å². The molecule has 118 valence electrons. The molecule has 22 heavy (non-hydrogen) atoms. The van der Waals surface area contributed by atoms with E-state index in [1.807, 2.05) is 30.5 Å². The van der Waals surface area contributed by atoms with Crippen molar-refractivity contribution in [2.45, 2.75) is 20.0 Å². The molecule has 5 nitrogen and oxygen atoms in total. The van der Waals surface area contributed by atoms with Crippen LogP contribution in [-0.4, -0.2) is 41.3 Å². The Balaban J connectivity index is 2.00. The van der Waals surface area contributed by atoms with E-state index in [1.165, 1.54) is 21.8 Å². The number of rotatable bonds is 6. The molecule has 0 saturated carbocycles. The molecule has 0 radical (unpaired) electrons. The largest absolute Gasteiger partial charge is 0.375 e. The molecule has 2 N–H and O–H groups in total. The zero-order valence-corrected chi connectivity index (χ0v) is 14.1. The summed E-state index contributed by atoms with van der Waals surface area (Å²) in [5.74, 6) is 0.0269. The van der Waals surface area contributed by atoms with Gasteiger partial charge in [-0.2, -0.15) is 0 Å². The zero-order chi connectivity index (χ0) is 16.1. The van der Waals surface area contributed by atoms with Gasteiger partial charge in [0.15, 0.2) is 5.13 Å². The average molecular weight is 318 g/mol. The van der Waals surface area contributed by atoms with Crippen LogP contribution >= 0.6 is 11.3 Å². The number of carbonyl (C=O) groups excluding carboxylic acids is 1. The highest BCUT2D eigenvalue weighted by Gasteiger charge is 2.10. The predicted molar refractivity (Wildman–Crippen MR) is 90.8 cm³/mol. The smallest absolute Gasteiger partial charge is 0.253 e. The van der Waals surface area contributed by atoms with Gasteiger partial charge in [0, 0.05) is 43.8 Å². The van der Waals surface area contributed by atoms with Gasteiger partial charge in [0.2, 0.25) is 0 Å². The molecule has 6 heteroatoms. The molecule has 1 aromatic heterocycles. The maximum absolute atomic E-state index is 11.9. The maximum Gasteiger partial charge on any atom is 0.253 e. The Morgan fingerprint density at radius 1 is 1.23 bits per heavy atom. The van der Waals surface area contributed by atoms with Crippen molar-refractivity contribution >= 4 is 22.4 Å². The first kappa shape index (κ1) is 16.5. The molecule has 0 atom stereocenters. The molecule has 0 fully saturated rings. The van der Waals surface area contributed by atoms with Crippen LogP contribution in [0.3, 0.4) is 0 Å². The van der Waals surface area contributed by atoms with Crippen LogP contribution in [0, 0.1) is 0 Å². The molecule has 0 aliphatic rings. The van der Waals surface area contributed by atoms with Gasteiger partial charge >= 0.3 is 0 Å². The minimum Gasteiger partial charge on any atom is -0.375 e. The second-order valence-corrected chi connectivity index (χ2v) is 6.51. The van der Waals surface area contributed by atoms with Crippen molar-refractivity contribution < 1.29 is 4.79 Å². The summed E-state index contributed by atoms with van der Waals surface area (Å²) in [6.45, 7) is 4.75. The summed E-state index contributed by atoms with van der Waals surface area (Å²) in [6.07, 6.45) is 1.83. The van der Waals surface area contributed by atoms with Crippen LogP contribution in [-0.2, 0) is 13.1 Å². The standard InChI is InChI=1S/C16H22N4OS/c1-4-20(11-14-9-18-16(17)22-14)10-12-5-7-13(8-6-12)15(21)19(2)3/h5-9H,4,10-11H2,1-3H3,(H2,17,18). The van der Waals surface area contributed by atoms with Gasteiger partial charge < -0.3 is 10.6 Å². The van der Waals surface area contributed by atoms with E-state index in [4.69, 9.17) is 5.73 Å². The summed E-state index contributed by atoms with van der Waals surface area (Å²) in [7, 11) is 3.52. The first-order valence-corrected chi connectivity index (χ1v) is 8.04. The fourth-order valence-electron chi connectivity index (χ4n) is 2.16. The van der Waals surface area contributed by atoms with Crippen LogP contribution in [0.5, 0.6) is 0 Å². The van der Waals surface area contributed by atoms with Crippen molar-refractivity contribution in [2.24, 2.45) is 0 Å². The minimum absolute atomic E-state index is 0.0269. The van der Waals surface area contributed by atoms with Gasteiger partial charge in [-0.1, -0.05) is 19.1 Å². The first-order valence-electron chi connectivity index (χ1n) is 7.22. The molecule has 2 aromatic rings.